The molecular weight excluding hydrogens is 575 g/mol. The van der Waals surface area contributed by atoms with Crippen molar-refractivity contribution < 1.29 is 19.1 Å². The molecule has 8 nitrogen and oxygen atoms in total. The zero-order chi connectivity index (χ0) is 30.8. The summed E-state index contributed by atoms with van der Waals surface area (Å²) in [5.74, 6) is 0.00105. The molecule has 2 saturated heterocycles. The Morgan fingerprint density at radius 3 is 1.26 bits per heavy atom. The molecule has 2 fully saturated rings. The number of benzene rings is 2. The van der Waals surface area contributed by atoms with Gasteiger partial charge in [-0.05, 0) is 76.9 Å². The lowest BCUT2D eigenvalue weighted by atomic mass is 9.92. The lowest BCUT2D eigenvalue weighted by molar-refractivity contribution is 0.0230. The first-order valence-electron chi connectivity index (χ1n) is 14.7. The van der Waals surface area contributed by atoms with Crippen LogP contribution in [0.15, 0.2) is 36.4 Å². The summed E-state index contributed by atoms with van der Waals surface area (Å²) in [4.78, 5) is 32.8. The van der Waals surface area contributed by atoms with Gasteiger partial charge in [0.15, 0.2) is 0 Å². The van der Waals surface area contributed by atoms with Gasteiger partial charge in [0, 0.05) is 79.7 Å². The van der Waals surface area contributed by atoms with Gasteiger partial charge in [-0.25, -0.2) is 9.59 Å². The van der Waals surface area contributed by atoms with Crippen molar-refractivity contribution in [1.82, 2.24) is 9.80 Å². The first-order chi connectivity index (χ1) is 19.6. The summed E-state index contributed by atoms with van der Waals surface area (Å²) in [5, 5.41) is 1.38. The van der Waals surface area contributed by atoms with Gasteiger partial charge in [0.2, 0.25) is 0 Å². The maximum absolute atomic E-state index is 12.4. The van der Waals surface area contributed by atoms with E-state index in [2.05, 4.69) is 41.0 Å². The zero-order valence-electron chi connectivity index (χ0n) is 25.9. The van der Waals surface area contributed by atoms with Gasteiger partial charge in [-0.1, -0.05) is 42.3 Å². The summed E-state index contributed by atoms with van der Waals surface area (Å²) in [6.07, 6.45) is -0.536. The van der Waals surface area contributed by atoms with Crippen LogP contribution in [0.2, 0.25) is 10.0 Å². The highest BCUT2D eigenvalue weighted by Crippen LogP contribution is 2.37. The first-order valence-corrected chi connectivity index (χ1v) is 15.4. The third-order valence-electron chi connectivity index (χ3n) is 7.49. The van der Waals surface area contributed by atoms with Crippen molar-refractivity contribution in [1.29, 1.82) is 0 Å². The van der Waals surface area contributed by atoms with Crippen LogP contribution < -0.4 is 9.80 Å². The Balaban J connectivity index is 1.36. The van der Waals surface area contributed by atoms with Crippen LogP contribution >= 0.6 is 23.2 Å². The van der Waals surface area contributed by atoms with Crippen molar-refractivity contribution in [2.75, 3.05) is 62.2 Å². The van der Waals surface area contributed by atoms with Gasteiger partial charge in [-0.15, -0.1) is 0 Å². The Labute approximate surface area is 260 Å². The molecule has 0 atom stereocenters. The highest BCUT2D eigenvalue weighted by atomic mass is 35.5. The Morgan fingerprint density at radius 1 is 0.643 bits per heavy atom. The van der Waals surface area contributed by atoms with E-state index in [-0.39, 0.29) is 18.1 Å². The predicted molar refractivity (Wildman–Crippen MR) is 170 cm³/mol. The lowest BCUT2D eigenvalue weighted by Crippen LogP contribution is -2.50. The number of hydrogen-bond acceptors (Lipinski definition) is 6. The molecule has 0 bridgehead atoms. The summed E-state index contributed by atoms with van der Waals surface area (Å²) in [6, 6.07) is 12.3. The Hall–Kier alpha value is -2.84. The van der Waals surface area contributed by atoms with Gasteiger partial charge in [-0.2, -0.15) is 0 Å². The van der Waals surface area contributed by atoms with Gasteiger partial charge >= 0.3 is 12.2 Å². The molecule has 0 aliphatic carbocycles. The molecule has 0 saturated carbocycles. The van der Waals surface area contributed by atoms with Crippen molar-refractivity contribution in [3.05, 3.63) is 57.6 Å². The molecule has 10 heteroatoms. The van der Waals surface area contributed by atoms with E-state index >= 15 is 0 Å². The van der Waals surface area contributed by atoms with Crippen LogP contribution in [0.3, 0.4) is 0 Å². The Bertz CT molecular complexity index is 1180. The normalized spacial score (nSPS) is 16.6. The van der Waals surface area contributed by atoms with E-state index in [0.717, 1.165) is 22.5 Å². The van der Waals surface area contributed by atoms with Crippen LogP contribution in [-0.2, 0) is 9.47 Å². The monoisotopic (exact) mass is 618 g/mol. The fourth-order valence-electron chi connectivity index (χ4n) is 5.24. The minimum Gasteiger partial charge on any atom is -0.444 e. The van der Waals surface area contributed by atoms with E-state index in [0.29, 0.717) is 62.4 Å². The van der Waals surface area contributed by atoms with Crippen LogP contribution in [0.4, 0.5) is 21.0 Å². The number of halogens is 2. The minimum atomic E-state index is -0.504. The molecule has 0 radical (unpaired) electrons. The van der Waals surface area contributed by atoms with Gasteiger partial charge in [0.05, 0.1) is 0 Å². The number of nitrogens with zero attached hydrogens (tertiary/aromatic N) is 4. The summed E-state index contributed by atoms with van der Waals surface area (Å²) in [7, 11) is 0. The third kappa shape index (κ3) is 8.16. The van der Waals surface area contributed by atoms with Crippen LogP contribution in [0.1, 0.15) is 65.5 Å². The molecule has 2 aliphatic rings. The number of rotatable bonds is 4. The molecule has 0 spiro atoms. The van der Waals surface area contributed by atoms with Gasteiger partial charge < -0.3 is 29.1 Å². The molecule has 0 unspecified atom stereocenters. The second-order valence-corrected chi connectivity index (χ2v) is 13.9. The zero-order valence-corrected chi connectivity index (χ0v) is 27.4. The van der Waals surface area contributed by atoms with Crippen molar-refractivity contribution in [2.24, 2.45) is 0 Å². The summed E-state index contributed by atoms with van der Waals surface area (Å²) < 4.78 is 11.0. The minimum absolute atomic E-state index is 0.00105. The number of amides is 2. The highest BCUT2D eigenvalue weighted by molar-refractivity contribution is 6.32. The molecule has 0 N–H and O–H groups in total. The molecule has 2 heterocycles. The molecule has 2 aromatic rings. The molecule has 0 aromatic heterocycles. The quantitative estimate of drug-likeness (QED) is 0.359. The van der Waals surface area contributed by atoms with E-state index in [4.69, 9.17) is 32.7 Å². The predicted octanol–water partition coefficient (Wildman–Crippen LogP) is 7.26. The van der Waals surface area contributed by atoms with E-state index in [1.807, 2.05) is 53.7 Å². The second-order valence-electron chi connectivity index (χ2n) is 13.0. The van der Waals surface area contributed by atoms with E-state index in [1.165, 1.54) is 0 Å². The summed E-state index contributed by atoms with van der Waals surface area (Å²) in [5.41, 5.74) is 3.08. The van der Waals surface area contributed by atoms with E-state index in [9.17, 15) is 9.59 Å². The largest absolute Gasteiger partial charge is 0.444 e. The molecule has 2 amide bonds. The average Bonchev–Trinajstić information content (AvgIpc) is 2.91. The van der Waals surface area contributed by atoms with Crippen LogP contribution in [0.25, 0.3) is 0 Å². The number of carbonyl (C=O) groups excluding carboxylic acids is 2. The van der Waals surface area contributed by atoms with Crippen molar-refractivity contribution in [2.45, 2.75) is 65.6 Å². The third-order valence-corrected chi connectivity index (χ3v) is 8.15. The molecular formula is C32H44Cl2N4O4. The van der Waals surface area contributed by atoms with Crippen molar-refractivity contribution in [3.8, 4) is 0 Å². The van der Waals surface area contributed by atoms with Crippen LogP contribution in [0.5, 0.6) is 0 Å². The van der Waals surface area contributed by atoms with Crippen LogP contribution in [0, 0.1) is 0 Å². The fraction of sp³-hybridized carbons (Fsp3) is 0.562. The van der Waals surface area contributed by atoms with Crippen LogP contribution in [-0.4, -0.2) is 85.5 Å². The first kappa shape index (κ1) is 32.1. The van der Waals surface area contributed by atoms with Gasteiger partial charge in [0.1, 0.15) is 11.2 Å². The SMILES string of the molecule is CC(c1ccc(N2CCN(C(=O)OC(C)(C)C)CC2)cc1Cl)c1ccc(N2CCN(C(=O)OC(C)(C)C)CC2)cc1Cl. The maximum Gasteiger partial charge on any atom is 0.410 e. The van der Waals surface area contributed by atoms with Gasteiger partial charge in [0.25, 0.3) is 0 Å². The molecule has 2 aliphatic heterocycles. The standard InChI is InChI=1S/C32H44Cl2N4O4/c1-22(25-10-8-23(20-27(25)33)35-12-16-37(17-13-35)29(39)41-31(2,3)4)26-11-9-24(21-28(26)34)36-14-18-38(19-15-36)30(40)42-32(5,6)7/h8-11,20-22H,12-19H2,1-7H3. The average molecular weight is 620 g/mol. The molecule has 230 valence electrons. The lowest BCUT2D eigenvalue weighted by Gasteiger charge is -2.37. The molecule has 42 heavy (non-hydrogen) atoms. The van der Waals surface area contributed by atoms with Gasteiger partial charge in [-0.3, -0.25) is 0 Å². The number of anilines is 2. The second kappa shape index (κ2) is 12.8. The van der Waals surface area contributed by atoms with E-state index in [1.54, 1.807) is 9.80 Å². The fourth-order valence-corrected chi connectivity index (χ4v) is 5.92. The number of ether oxygens (including phenoxy) is 2. The van der Waals surface area contributed by atoms with E-state index < -0.39 is 11.2 Å². The smallest absolute Gasteiger partial charge is 0.410 e. The van der Waals surface area contributed by atoms with Crippen molar-refractivity contribution in [3.63, 3.8) is 0 Å². The Kier molecular flexibility index (Phi) is 9.78. The Morgan fingerprint density at radius 2 is 0.976 bits per heavy atom. The summed E-state index contributed by atoms with van der Waals surface area (Å²) >= 11 is 13.6. The number of hydrogen-bond donors (Lipinski definition) is 0. The maximum atomic E-state index is 12.4. The topological polar surface area (TPSA) is 65.6 Å². The highest BCUT2D eigenvalue weighted by Gasteiger charge is 2.28. The number of carbonyl (C=O) groups is 2. The summed E-state index contributed by atoms with van der Waals surface area (Å²) in [6.45, 7) is 18.6. The molecule has 4 rings (SSSR count). The molecule has 2 aromatic carbocycles. The number of piperazine rings is 2. The van der Waals surface area contributed by atoms with Crippen molar-refractivity contribution >= 4 is 46.8 Å².